The minimum atomic E-state index is 0. The van der Waals surface area contributed by atoms with Crippen LogP contribution in [-0.4, -0.2) is 36.5 Å². The molecule has 21 heavy (non-hydrogen) atoms. The lowest BCUT2D eigenvalue weighted by molar-refractivity contribution is -0.910. The van der Waals surface area contributed by atoms with Crippen molar-refractivity contribution >= 4 is 15.9 Å². The van der Waals surface area contributed by atoms with E-state index in [1.165, 1.54) is 94.7 Å². The Kier molecular flexibility index (Phi) is 19.5. The molecule has 0 aliphatic rings. The van der Waals surface area contributed by atoms with E-state index in [1.807, 2.05) is 0 Å². The molecule has 0 aliphatic heterocycles. The number of unbranched alkanes of at least 4 members (excludes halogenated alkanes) is 8. The Labute approximate surface area is 149 Å². The molecule has 0 aromatic heterocycles. The van der Waals surface area contributed by atoms with Crippen LogP contribution >= 0.6 is 15.9 Å². The molecule has 1 unspecified atom stereocenters. The minimum absolute atomic E-state index is 0. The van der Waals surface area contributed by atoms with E-state index in [1.54, 1.807) is 0 Å². The van der Waals surface area contributed by atoms with Crippen molar-refractivity contribution in [1.82, 2.24) is 0 Å². The number of nitrogens with zero attached hydrogens (tertiary/aromatic N) is 1. The summed E-state index contributed by atoms with van der Waals surface area (Å²) in [5.41, 5.74) is 0. The van der Waals surface area contributed by atoms with Crippen molar-refractivity contribution in [3.63, 3.8) is 0 Å². The molecular weight excluding hydrogens is 346 g/mol. The summed E-state index contributed by atoms with van der Waals surface area (Å²) in [6, 6.07) is 0. The first-order chi connectivity index (χ1) is 9.68. The van der Waals surface area contributed by atoms with Gasteiger partial charge in [-0.1, -0.05) is 68.3 Å². The molecule has 0 aromatic carbocycles. The zero-order valence-corrected chi connectivity index (χ0v) is 17.2. The van der Waals surface area contributed by atoms with E-state index in [0.29, 0.717) is 0 Å². The minimum Gasteiger partial charge on any atom is -1.00 e. The Balaban J connectivity index is 0. The molecule has 0 radical (unpaired) electrons. The van der Waals surface area contributed by atoms with Crippen LogP contribution < -0.4 is 12.4 Å². The molecule has 0 heterocycles. The molecule has 0 fully saturated rings. The molecule has 0 aromatic rings. The van der Waals surface area contributed by atoms with Crippen molar-refractivity contribution in [2.24, 2.45) is 0 Å². The molecule has 0 spiro atoms. The molecule has 0 saturated heterocycles. The average Bonchev–Trinajstić information content (AvgIpc) is 2.45. The second-order valence-electron chi connectivity index (χ2n) is 6.66. The molecule has 0 N–H and O–H groups in total. The predicted octanol–water partition coefficient (Wildman–Crippen LogP) is 3.16. The molecule has 0 bridgehead atoms. The van der Waals surface area contributed by atoms with E-state index >= 15 is 0 Å². The first-order valence-corrected chi connectivity index (χ1v) is 10.2. The topological polar surface area (TPSA) is 0 Å². The van der Waals surface area contributed by atoms with Gasteiger partial charge in [0, 0.05) is 11.8 Å². The van der Waals surface area contributed by atoms with Gasteiger partial charge in [0.15, 0.2) is 0 Å². The number of hydrogen-bond donors (Lipinski definition) is 0. The second-order valence-corrected chi connectivity index (χ2v) is 7.45. The number of hydrogen-bond acceptors (Lipinski definition) is 0. The Bertz CT molecular complexity index is 202. The zero-order valence-electron chi connectivity index (χ0n) is 14.8. The average molecular weight is 385 g/mol. The van der Waals surface area contributed by atoms with Gasteiger partial charge in [0.1, 0.15) is 0 Å². The van der Waals surface area contributed by atoms with Gasteiger partial charge in [0.05, 0.1) is 26.7 Å². The quantitative estimate of drug-likeness (QED) is 0.231. The highest BCUT2D eigenvalue weighted by Crippen LogP contribution is 2.14. The maximum Gasteiger partial charge on any atom is 0.0792 e. The number of rotatable bonds is 15. The van der Waals surface area contributed by atoms with E-state index in [2.05, 4.69) is 36.8 Å². The Hall–Kier alpha value is 0.730. The summed E-state index contributed by atoms with van der Waals surface area (Å²) in [5.74, 6) is 0. The van der Waals surface area contributed by atoms with Gasteiger partial charge in [-0.25, -0.2) is 0 Å². The van der Waals surface area contributed by atoms with Crippen molar-refractivity contribution in [3.05, 3.63) is 0 Å². The van der Waals surface area contributed by atoms with Crippen LogP contribution in [0.2, 0.25) is 0 Å². The molecule has 130 valence electrons. The lowest BCUT2D eigenvalue weighted by atomic mass is 10.1. The first-order valence-electron chi connectivity index (χ1n) is 9.08. The van der Waals surface area contributed by atoms with Gasteiger partial charge in [0.25, 0.3) is 0 Å². The van der Waals surface area contributed by atoms with E-state index < -0.39 is 0 Å². The highest BCUT2D eigenvalue weighted by molar-refractivity contribution is 9.09. The van der Waals surface area contributed by atoms with Crippen LogP contribution in [0.15, 0.2) is 0 Å². The van der Waals surface area contributed by atoms with Crippen LogP contribution in [0.25, 0.3) is 0 Å². The van der Waals surface area contributed by atoms with Gasteiger partial charge in [-0.3, -0.25) is 0 Å². The number of alkyl halides is 1. The lowest BCUT2D eigenvalue weighted by Gasteiger charge is -2.35. The summed E-state index contributed by atoms with van der Waals surface area (Å²) in [6.45, 7) is 8.74. The smallest absolute Gasteiger partial charge is 0.0792 e. The molecule has 1 nitrogen and oxygen atoms in total. The third-order valence-electron chi connectivity index (χ3n) is 4.43. The molecular formula is C18H39BrClN. The maximum atomic E-state index is 3.60. The summed E-state index contributed by atoms with van der Waals surface area (Å²) >= 11 is 3.60. The van der Waals surface area contributed by atoms with Crippen LogP contribution in [0, 0.1) is 0 Å². The van der Waals surface area contributed by atoms with E-state index in [-0.39, 0.29) is 12.4 Å². The van der Waals surface area contributed by atoms with Crippen molar-refractivity contribution in [1.29, 1.82) is 0 Å². The van der Waals surface area contributed by atoms with Gasteiger partial charge in [-0.05, 0) is 25.7 Å². The molecule has 1 atom stereocenters. The predicted molar refractivity (Wildman–Crippen MR) is 96.7 cm³/mol. The van der Waals surface area contributed by atoms with Gasteiger partial charge in [0.2, 0.25) is 0 Å². The van der Waals surface area contributed by atoms with Crippen LogP contribution in [0.1, 0.15) is 84.5 Å². The fourth-order valence-corrected chi connectivity index (χ4v) is 3.22. The van der Waals surface area contributed by atoms with Crippen LogP contribution in [0.3, 0.4) is 0 Å². The standard InChI is InChI=1S/C18H39BrN.ClH/c1-4-6-8-10-11-13-17-20(3,18-14-15-19)16-12-9-7-5-2;/h4-18H2,1-3H3;1H/q+1;/p-1. The Morgan fingerprint density at radius 3 is 1.48 bits per heavy atom. The second kappa shape index (κ2) is 17.1. The fourth-order valence-electron chi connectivity index (χ4n) is 2.97. The summed E-state index contributed by atoms with van der Waals surface area (Å²) in [7, 11) is 2.49. The molecule has 0 saturated carbocycles. The third-order valence-corrected chi connectivity index (χ3v) is 5.00. The fraction of sp³-hybridized carbons (Fsp3) is 1.00. The van der Waals surface area contributed by atoms with E-state index in [9.17, 15) is 0 Å². The zero-order chi connectivity index (χ0) is 15.1. The van der Waals surface area contributed by atoms with Gasteiger partial charge in [-0.2, -0.15) is 0 Å². The van der Waals surface area contributed by atoms with Crippen molar-refractivity contribution in [2.75, 3.05) is 32.0 Å². The third kappa shape index (κ3) is 15.4. The van der Waals surface area contributed by atoms with Crippen LogP contribution in [-0.2, 0) is 0 Å². The van der Waals surface area contributed by atoms with Crippen molar-refractivity contribution in [2.45, 2.75) is 84.5 Å². The maximum absolute atomic E-state index is 3.60. The summed E-state index contributed by atoms with van der Waals surface area (Å²) < 4.78 is 1.31. The van der Waals surface area contributed by atoms with Gasteiger partial charge < -0.3 is 16.9 Å². The molecule has 0 rings (SSSR count). The number of quaternary nitrogens is 1. The summed E-state index contributed by atoms with van der Waals surface area (Å²) in [6.07, 6.45) is 15.5. The van der Waals surface area contributed by atoms with E-state index in [0.717, 1.165) is 5.33 Å². The van der Waals surface area contributed by atoms with Crippen molar-refractivity contribution in [3.8, 4) is 0 Å². The van der Waals surface area contributed by atoms with Crippen molar-refractivity contribution < 1.29 is 16.9 Å². The largest absolute Gasteiger partial charge is 1.00 e. The SMILES string of the molecule is CCCCCCCC[N+](C)(CCCBr)CCCCCC.[Cl-]. The lowest BCUT2D eigenvalue weighted by Crippen LogP contribution is -3.00. The first kappa shape index (κ1) is 24.0. The van der Waals surface area contributed by atoms with Gasteiger partial charge >= 0.3 is 0 Å². The summed E-state index contributed by atoms with van der Waals surface area (Å²) in [4.78, 5) is 0. The molecule has 0 aliphatic carbocycles. The van der Waals surface area contributed by atoms with Crippen LogP contribution in [0.4, 0.5) is 0 Å². The summed E-state index contributed by atoms with van der Waals surface area (Å²) in [5, 5.41) is 1.16. The monoisotopic (exact) mass is 383 g/mol. The van der Waals surface area contributed by atoms with E-state index in [4.69, 9.17) is 0 Å². The Morgan fingerprint density at radius 2 is 1.00 bits per heavy atom. The highest BCUT2D eigenvalue weighted by Gasteiger charge is 2.19. The van der Waals surface area contributed by atoms with Crippen LogP contribution in [0.5, 0.6) is 0 Å². The molecule has 3 heteroatoms. The van der Waals surface area contributed by atoms with Gasteiger partial charge in [-0.15, -0.1) is 0 Å². The molecule has 0 amide bonds. The number of halogens is 2. The highest BCUT2D eigenvalue weighted by atomic mass is 79.9. The Morgan fingerprint density at radius 1 is 0.619 bits per heavy atom. The normalized spacial score (nSPS) is 13.7.